The number of fused-ring (bicyclic) bond motifs is 4. The van der Waals surface area contributed by atoms with Gasteiger partial charge in [-0.25, -0.2) is 0 Å². The lowest BCUT2D eigenvalue weighted by Gasteiger charge is -2.27. The number of hydrogen-bond donors (Lipinski definition) is 0. The molecule has 0 N–H and O–H groups in total. The number of rotatable bonds is 7. The van der Waals surface area contributed by atoms with Crippen molar-refractivity contribution in [3.8, 4) is 44.5 Å². The lowest BCUT2D eigenvalue weighted by Crippen LogP contribution is -2.10. The number of para-hydroxylation sites is 1. The molecule has 1 heterocycles. The normalized spacial score (nSPS) is 11.3. The Morgan fingerprint density at radius 1 is 0.315 bits per heavy atom. The number of nitrogens with zero attached hydrogens (tertiary/aromatic N) is 1. The van der Waals surface area contributed by atoms with Gasteiger partial charge in [0.1, 0.15) is 11.2 Å². The second-order valence-electron chi connectivity index (χ2n) is 13.7. The van der Waals surface area contributed by atoms with Crippen molar-refractivity contribution in [1.82, 2.24) is 0 Å². The largest absolute Gasteiger partial charge is 0.456 e. The number of furan rings is 1. The Kier molecular flexibility index (Phi) is 7.85. The molecule has 1 aromatic heterocycles. The topological polar surface area (TPSA) is 16.4 Å². The van der Waals surface area contributed by atoms with E-state index in [0.717, 1.165) is 44.6 Å². The van der Waals surface area contributed by atoms with Crippen LogP contribution in [0.3, 0.4) is 0 Å². The van der Waals surface area contributed by atoms with Gasteiger partial charge in [0.05, 0.1) is 11.1 Å². The van der Waals surface area contributed by atoms with Gasteiger partial charge in [-0.1, -0.05) is 158 Å². The molecular weight excluding hydrogens is 655 g/mol. The Labute approximate surface area is 314 Å². The van der Waals surface area contributed by atoms with Gasteiger partial charge in [-0.2, -0.15) is 0 Å². The Morgan fingerprint density at radius 3 is 1.52 bits per heavy atom. The van der Waals surface area contributed by atoms with E-state index in [9.17, 15) is 0 Å². The molecule has 0 unspecified atom stereocenters. The molecule has 54 heavy (non-hydrogen) atoms. The summed E-state index contributed by atoms with van der Waals surface area (Å²) >= 11 is 0. The first-order valence-corrected chi connectivity index (χ1v) is 18.4. The molecule has 0 bridgehead atoms. The highest BCUT2D eigenvalue weighted by Crippen LogP contribution is 2.44. The zero-order chi connectivity index (χ0) is 35.8. The van der Waals surface area contributed by atoms with Gasteiger partial charge < -0.3 is 9.32 Å². The highest BCUT2D eigenvalue weighted by atomic mass is 16.3. The zero-order valence-electron chi connectivity index (χ0n) is 29.6. The van der Waals surface area contributed by atoms with Gasteiger partial charge in [-0.3, -0.25) is 0 Å². The molecule has 0 saturated heterocycles. The average molecular weight is 690 g/mol. The molecule has 0 amide bonds. The predicted molar refractivity (Wildman–Crippen MR) is 228 cm³/mol. The van der Waals surface area contributed by atoms with Crippen LogP contribution in [0.25, 0.3) is 77.2 Å². The van der Waals surface area contributed by atoms with Crippen molar-refractivity contribution in [2.24, 2.45) is 0 Å². The summed E-state index contributed by atoms with van der Waals surface area (Å²) in [6.45, 7) is 0. The SMILES string of the molecule is c1ccc(-c2ccc(-c3cccc(N(c4ccc(-c5cc6ccccc6cc5-c5ccccc5)cc4)c4cccc5oc6ccccc6c45)c3)cc2)cc1. The fourth-order valence-corrected chi connectivity index (χ4v) is 7.81. The van der Waals surface area contributed by atoms with Gasteiger partial charge in [0.25, 0.3) is 0 Å². The first-order valence-electron chi connectivity index (χ1n) is 18.4. The molecule has 2 heteroatoms. The van der Waals surface area contributed by atoms with Gasteiger partial charge in [-0.15, -0.1) is 0 Å². The molecule has 9 aromatic carbocycles. The molecule has 0 spiro atoms. The van der Waals surface area contributed by atoms with E-state index in [0.29, 0.717) is 0 Å². The van der Waals surface area contributed by atoms with Gasteiger partial charge >= 0.3 is 0 Å². The maximum absolute atomic E-state index is 6.40. The Bertz CT molecular complexity index is 2910. The van der Waals surface area contributed by atoms with E-state index in [1.807, 2.05) is 12.1 Å². The molecule has 254 valence electrons. The monoisotopic (exact) mass is 689 g/mol. The Hall–Kier alpha value is -7.16. The zero-order valence-corrected chi connectivity index (χ0v) is 29.6. The molecule has 0 aliphatic rings. The molecule has 0 radical (unpaired) electrons. The molecule has 0 fully saturated rings. The van der Waals surface area contributed by atoms with Crippen molar-refractivity contribution >= 4 is 49.8 Å². The van der Waals surface area contributed by atoms with E-state index in [1.54, 1.807) is 0 Å². The third-order valence-electron chi connectivity index (χ3n) is 10.5. The van der Waals surface area contributed by atoms with Crippen molar-refractivity contribution < 1.29 is 4.42 Å². The average Bonchev–Trinajstić information content (AvgIpc) is 3.64. The van der Waals surface area contributed by atoms with Crippen LogP contribution in [0, 0.1) is 0 Å². The van der Waals surface area contributed by atoms with E-state index < -0.39 is 0 Å². The summed E-state index contributed by atoms with van der Waals surface area (Å²) in [5, 5.41) is 4.65. The summed E-state index contributed by atoms with van der Waals surface area (Å²) < 4.78 is 6.40. The lowest BCUT2D eigenvalue weighted by atomic mass is 9.91. The van der Waals surface area contributed by atoms with E-state index >= 15 is 0 Å². The van der Waals surface area contributed by atoms with E-state index in [4.69, 9.17) is 4.42 Å². The van der Waals surface area contributed by atoms with Crippen LogP contribution in [0.5, 0.6) is 0 Å². The van der Waals surface area contributed by atoms with Crippen LogP contribution in [0.4, 0.5) is 17.1 Å². The minimum absolute atomic E-state index is 0.867. The predicted octanol–water partition coefficient (Wildman–Crippen LogP) is 14.9. The minimum Gasteiger partial charge on any atom is -0.456 e. The van der Waals surface area contributed by atoms with Crippen molar-refractivity contribution in [3.05, 3.63) is 212 Å². The minimum atomic E-state index is 0.867. The maximum atomic E-state index is 6.40. The van der Waals surface area contributed by atoms with E-state index in [-0.39, 0.29) is 0 Å². The van der Waals surface area contributed by atoms with Crippen LogP contribution < -0.4 is 4.90 Å². The number of hydrogen-bond acceptors (Lipinski definition) is 2. The highest BCUT2D eigenvalue weighted by molar-refractivity contribution is 6.13. The van der Waals surface area contributed by atoms with Gasteiger partial charge in [0.2, 0.25) is 0 Å². The standard InChI is InChI=1S/C52H35NO/c1-3-13-36(14-4-1)37-25-27-38(28-26-37)41-19-11-20-45(33-41)53(49-22-12-24-51-52(49)46-21-9-10-23-50(46)54-51)44-31-29-40(30-32-44)48-35-43-18-8-7-17-42(43)34-47(48)39-15-5-2-6-16-39/h1-35H. The molecular formula is C52H35NO. The second-order valence-corrected chi connectivity index (χ2v) is 13.7. The molecule has 0 aliphatic heterocycles. The fraction of sp³-hybridized carbons (Fsp3) is 0. The molecule has 0 aliphatic carbocycles. The summed E-state index contributed by atoms with van der Waals surface area (Å²) in [6.07, 6.45) is 0. The molecule has 0 atom stereocenters. The third-order valence-corrected chi connectivity index (χ3v) is 10.5. The van der Waals surface area contributed by atoms with Gasteiger partial charge in [-0.05, 0) is 110 Å². The van der Waals surface area contributed by atoms with Crippen LogP contribution >= 0.6 is 0 Å². The summed E-state index contributed by atoms with van der Waals surface area (Å²) in [5.41, 5.74) is 14.5. The Morgan fingerprint density at radius 2 is 0.815 bits per heavy atom. The van der Waals surface area contributed by atoms with Crippen LogP contribution in [0.2, 0.25) is 0 Å². The highest BCUT2D eigenvalue weighted by Gasteiger charge is 2.20. The lowest BCUT2D eigenvalue weighted by molar-refractivity contribution is 0.669. The maximum Gasteiger partial charge on any atom is 0.137 e. The van der Waals surface area contributed by atoms with Crippen LogP contribution in [0.15, 0.2) is 217 Å². The van der Waals surface area contributed by atoms with E-state index in [1.165, 1.54) is 49.7 Å². The van der Waals surface area contributed by atoms with Crippen molar-refractivity contribution in [2.45, 2.75) is 0 Å². The number of anilines is 3. The van der Waals surface area contributed by atoms with Crippen LogP contribution in [-0.4, -0.2) is 0 Å². The third kappa shape index (κ3) is 5.71. The van der Waals surface area contributed by atoms with Crippen molar-refractivity contribution in [1.29, 1.82) is 0 Å². The van der Waals surface area contributed by atoms with Crippen LogP contribution in [-0.2, 0) is 0 Å². The van der Waals surface area contributed by atoms with Crippen molar-refractivity contribution in [3.63, 3.8) is 0 Å². The van der Waals surface area contributed by atoms with Crippen LogP contribution in [0.1, 0.15) is 0 Å². The summed E-state index contributed by atoms with van der Waals surface area (Å²) in [5.74, 6) is 0. The van der Waals surface area contributed by atoms with Crippen molar-refractivity contribution in [2.75, 3.05) is 4.90 Å². The summed E-state index contributed by atoms with van der Waals surface area (Å²) in [7, 11) is 0. The molecule has 10 aromatic rings. The first-order chi connectivity index (χ1) is 26.8. The summed E-state index contributed by atoms with van der Waals surface area (Å²) in [6, 6.07) is 75.9. The summed E-state index contributed by atoms with van der Waals surface area (Å²) in [4.78, 5) is 2.37. The number of benzene rings is 9. The fourth-order valence-electron chi connectivity index (χ4n) is 7.81. The Balaban J connectivity index is 1.12. The molecule has 0 saturated carbocycles. The van der Waals surface area contributed by atoms with Gasteiger partial charge in [0, 0.05) is 16.8 Å². The first kappa shape index (κ1) is 31.6. The van der Waals surface area contributed by atoms with E-state index in [2.05, 4.69) is 205 Å². The second kappa shape index (κ2) is 13.4. The molecule has 2 nitrogen and oxygen atoms in total. The quantitative estimate of drug-likeness (QED) is 0.166. The smallest absolute Gasteiger partial charge is 0.137 e. The van der Waals surface area contributed by atoms with Gasteiger partial charge in [0.15, 0.2) is 0 Å². The molecule has 10 rings (SSSR count).